The fourth-order valence-corrected chi connectivity index (χ4v) is 2.58. The highest BCUT2D eigenvalue weighted by atomic mass is 16.6. The molecule has 2 aromatic rings. The molecule has 0 saturated heterocycles. The first kappa shape index (κ1) is 21.5. The summed E-state index contributed by atoms with van der Waals surface area (Å²) in [4.78, 5) is 36.0. The molecule has 0 aliphatic rings. The van der Waals surface area contributed by atoms with Gasteiger partial charge in [-0.15, -0.1) is 0 Å². The van der Waals surface area contributed by atoms with E-state index in [1.165, 1.54) is 30.5 Å². The average Bonchev–Trinajstić information content (AvgIpc) is 2.74. The molecule has 0 spiro atoms. The zero-order chi connectivity index (χ0) is 21.2. The van der Waals surface area contributed by atoms with Crippen molar-refractivity contribution < 1.29 is 14.5 Å². The number of nitrogens with one attached hydrogen (secondary N) is 2. The summed E-state index contributed by atoms with van der Waals surface area (Å²) in [6.07, 6.45) is 1.52. The van der Waals surface area contributed by atoms with Crippen LogP contribution in [0.2, 0.25) is 0 Å². The molecule has 0 saturated carbocycles. The van der Waals surface area contributed by atoms with Gasteiger partial charge >= 0.3 is 0 Å². The molecule has 0 atom stereocenters. The van der Waals surface area contributed by atoms with Crippen LogP contribution < -0.4 is 15.6 Å². The van der Waals surface area contributed by atoms with Crippen LogP contribution >= 0.6 is 0 Å². The van der Waals surface area contributed by atoms with Crippen molar-refractivity contribution >= 4 is 29.4 Å². The van der Waals surface area contributed by atoms with E-state index in [4.69, 9.17) is 0 Å². The maximum absolute atomic E-state index is 12.0. The molecule has 0 heterocycles. The lowest BCUT2D eigenvalue weighted by Gasteiger charge is -2.20. The summed E-state index contributed by atoms with van der Waals surface area (Å²) in [6, 6.07) is 12.9. The lowest BCUT2D eigenvalue weighted by molar-refractivity contribution is -0.384. The largest absolute Gasteiger partial charge is 0.372 e. The highest BCUT2D eigenvalue weighted by molar-refractivity contribution is 5.96. The van der Waals surface area contributed by atoms with Crippen molar-refractivity contribution in [3.63, 3.8) is 0 Å². The van der Waals surface area contributed by atoms with Gasteiger partial charge in [0.1, 0.15) is 0 Å². The summed E-state index contributed by atoms with van der Waals surface area (Å²) in [6.45, 7) is 5.76. The molecule has 9 nitrogen and oxygen atoms in total. The van der Waals surface area contributed by atoms with Gasteiger partial charge in [-0.1, -0.05) is 12.1 Å². The van der Waals surface area contributed by atoms with Crippen LogP contribution in [0.1, 0.15) is 29.8 Å². The molecule has 0 aliphatic heterocycles. The maximum Gasteiger partial charge on any atom is 0.269 e. The molecule has 2 aromatic carbocycles. The molecule has 0 aliphatic carbocycles. The lowest BCUT2D eigenvalue weighted by atomic mass is 10.2. The number of rotatable bonds is 9. The van der Waals surface area contributed by atoms with Crippen LogP contribution in [-0.4, -0.2) is 42.6 Å². The molecular weight excluding hydrogens is 374 g/mol. The Morgan fingerprint density at radius 3 is 2.24 bits per heavy atom. The number of amides is 2. The lowest BCUT2D eigenvalue weighted by Crippen LogP contribution is -2.34. The molecule has 2 rings (SSSR count). The summed E-state index contributed by atoms with van der Waals surface area (Å²) in [5, 5.41) is 16.9. The minimum atomic E-state index is -0.551. The van der Waals surface area contributed by atoms with Crippen LogP contribution in [-0.2, 0) is 4.79 Å². The normalized spacial score (nSPS) is 10.6. The van der Waals surface area contributed by atoms with Crippen molar-refractivity contribution in [2.75, 3.05) is 24.5 Å². The van der Waals surface area contributed by atoms with Crippen molar-refractivity contribution in [3.05, 3.63) is 69.8 Å². The molecular formula is C20H23N5O4. The number of hydrogen-bond donors (Lipinski definition) is 2. The Morgan fingerprint density at radius 2 is 1.69 bits per heavy atom. The van der Waals surface area contributed by atoms with Crippen LogP contribution in [0.25, 0.3) is 0 Å². The van der Waals surface area contributed by atoms with Crippen molar-refractivity contribution in [3.8, 4) is 0 Å². The van der Waals surface area contributed by atoms with Crippen molar-refractivity contribution in [2.45, 2.75) is 13.8 Å². The average molecular weight is 397 g/mol. The minimum absolute atomic E-state index is 0.112. The van der Waals surface area contributed by atoms with Crippen LogP contribution in [0, 0.1) is 10.1 Å². The van der Waals surface area contributed by atoms with Gasteiger partial charge in [-0.05, 0) is 43.7 Å². The second kappa shape index (κ2) is 10.5. The topological polar surface area (TPSA) is 117 Å². The van der Waals surface area contributed by atoms with E-state index in [0.29, 0.717) is 0 Å². The number of hydrogen-bond acceptors (Lipinski definition) is 6. The van der Waals surface area contributed by atoms with Crippen molar-refractivity contribution in [1.82, 2.24) is 10.7 Å². The fourth-order valence-electron chi connectivity index (χ4n) is 2.58. The number of carbonyl (C=O) groups is 2. The zero-order valence-electron chi connectivity index (χ0n) is 16.3. The van der Waals surface area contributed by atoms with Gasteiger partial charge in [-0.2, -0.15) is 5.10 Å². The minimum Gasteiger partial charge on any atom is -0.372 e. The Kier molecular flexibility index (Phi) is 7.84. The van der Waals surface area contributed by atoms with E-state index in [-0.39, 0.29) is 17.8 Å². The summed E-state index contributed by atoms with van der Waals surface area (Å²) in [7, 11) is 0. The Labute approximate surface area is 168 Å². The van der Waals surface area contributed by atoms with Gasteiger partial charge in [0.15, 0.2) is 0 Å². The fraction of sp³-hybridized carbons (Fsp3) is 0.250. The maximum atomic E-state index is 12.0. The molecule has 2 N–H and O–H groups in total. The number of nitro groups is 1. The Morgan fingerprint density at radius 1 is 1.07 bits per heavy atom. The van der Waals surface area contributed by atoms with Crippen LogP contribution in [0.3, 0.4) is 0 Å². The standard InChI is InChI=1S/C20H23N5O4/c1-3-24(4-2)17-9-5-15(6-10-17)13-22-23-19(26)14-21-20(27)16-7-11-18(12-8-16)25(28)29/h5-13H,3-4,14H2,1-2H3,(H,21,27)(H,23,26)/b22-13+. The van der Waals surface area contributed by atoms with E-state index in [9.17, 15) is 19.7 Å². The van der Waals surface area contributed by atoms with E-state index >= 15 is 0 Å². The van der Waals surface area contributed by atoms with Gasteiger partial charge in [0, 0.05) is 36.5 Å². The van der Waals surface area contributed by atoms with Gasteiger partial charge in [0.2, 0.25) is 0 Å². The summed E-state index contributed by atoms with van der Waals surface area (Å²) in [5.41, 5.74) is 4.39. The zero-order valence-corrected chi connectivity index (χ0v) is 16.3. The third-order valence-electron chi connectivity index (χ3n) is 4.17. The highest BCUT2D eigenvalue weighted by Crippen LogP contribution is 2.14. The SMILES string of the molecule is CCN(CC)c1ccc(/C=N/NC(=O)CNC(=O)c2ccc([N+](=O)[O-])cc2)cc1. The highest BCUT2D eigenvalue weighted by Gasteiger charge is 2.10. The Balaban J connectivity index is 1.80. The number of carbonyl (C=O) groups excluding carboxylic acids is 2. The van der Waals surface area contributed by atoms with Crippen LogP contribution in [0.5, 0.6) is 0 Å². The van der Waals surface area contributed by atoms with Crippen molar-refractivity contribution in [2.24, 2.45) is 5.10 Å². The van der Waals surface area contributed by atoms with Gasteiger partial charge in [-0.3, -0.25) is 19.7 Å². The molecule has 0 fully saturated rings. The second-order valence-electron chi connectivity index (χ2n) is 6.04. The first-order valence-electron chi connectivity index (χ1n) is 9.14. The first-order valence-corrected chi connectivity index (χ1v) is 9.14. The monoisotopic (exact) mass is 397 g/mol. The van der Waals surface area contributed by atoms with E-state index in [0.717, 1.165) is 24.3 Å². The molecule has 0 unspecified atom stereocenters. The van der Waals surface area contributed by atoms with Gasteiger partial charge in [-0.25, -0.2) is 5.43 Å². The molecule has 0 aromatic heterocycles. The predicted molar refractivity (Wildman–Crippen MR) is 111 cm³/mol. The third-order valence-corrected chi connectivity index (χ3v) is 4.17. The number of nitro benzene ring substituents is 1. The summed E-state index contributed by atoms with van der Waals surface area (Å²) < 4.78 is 0. The molecule has 0 radical (unpaired) electrons. The Bertz CT molecular complexity index is 875. The number of benzene rings is 2. The second-order valence-corrected chi connectivity index (χ2v) is 6.04. The molecule has 9 heteroatoms. The summed E-state index contributed by atoms with van der Waals surface area (Å²) in [5.74, 6) is -0.998. The number of hydrazone groups is 1. The first-order chi connectivity index (χ1) is 13.9. The number of non-ortho nitro benzene ring substituents is 1. The van der Waals surface area contributed by atoms with Crippen molar-refractivity contribution in [1.29, 1.82) is 0 Å². The van der Waals surface area contributed by atoms with E-state index in [2.05, 4.69) is 34.6 Å². The molecule has 2 amide bonds. The van der Waals surface area contributed by atoms with Crippen LogP contribution in [0.15, 0.2) is 53.6 Å². The molecule has 152 valence electrons. The van der Waals surface area contributed by atoms with Gasteiger partial charge in [0.25, 0.3) is 17.5 Å². The van der Waals surface area contributed by atoms with Crippen LogP contribution in [0.4, 0.5) is 11.4 Å². The predicted octanol–water partition coefficient (Wildman–Crippen LogP) is 2.32. The number of anilines is 1. The Hall–Kier alpha value is -3.75. The third kappa shape index (κ3) is 6.42. The smallest absolute Gasteiger partial charge is 0.269 e. The molecule has 29 heavy (non-hydrogen) atoms. The van der Waals surface area contributed by atoms with Gasteiger partial charge < -0.3 is 10.2 Å². The molecule has 0 bridgehead atoms. The quantitative estimate of drug-likeness (QED) is 0.383. The summed E-state index contributed by atoms with van der Waals surface area (Å²) >= 11 is 0. The van der Waals surface area contributed by atoms with Gasteiger partial charge in [0.05, 0.1) is 17.7 Å². The van der Waals surface area contributed by atoms with E-state index in [1.54, 1.807) is 0 Å². The van der Waals surface area contributed by atoms with E-state index < -0.39 is 16.7 Å². The van der Waals surface area contributed by atoms with E-state index in [1.807, 2.05) is 24.3 Å². The number of nitrogens with zero attached hydrogens (tertiary/aromatic N) is 3.